The summed E-state index contributed by atoms with van der Waals surface area (Å²) in [7, 11) is 0. The Morgan fingerprint density at radius 1 is 1.38 bits per heavy atom. The number of hydrogen-bond acceptors (Lipinski definition) is 4. The van der Waals surface area contributed by atoms with Gasteiger partial charge in [-0.05, 0) is 38.0 Å². The lowest BCUT2D eigenvalue weighted by Crippen LogP contribution is -2.30. The Morgan fingerprint density at radius 3 is 2.81 bits per heavy atom. The van der Waals surface area contributed by atoms with Gasteiger partial charge < -0.3 is 15.2 Å². The van der Waals surface area contributed by atoms with E-state index in [1.54, 1.807) is 0 Å². The van der Waals surface area contributed by atoms with Gasteiger partial charge in [-0.15, -0.1) is 0 Å². The Kier molecular flexibility index (Phi) is 4.18. The Labute approximate surface area is 96.5 Å². The molecule has 0 spiro atoms. The van der Waals surface area contributed by atoms with Gasteiger partial charge in [0.15, 0.2) is 0 Å². The first-order chi connectivity index (χ1) is 7.75. The van der Waals surface area contributed by atoms with Crippen molar-refractivity contribution >= 4 is 5.97 Å². The van der Waals surface area contributed by atoms with Crippen molar-refractivity contribution in [1.29, 1.82) is 0 Å². The molecule has 2 rings (SSSR count). The molecule has 0 radical (unpaired) electrons. The first kappa shape index (κ1) is 11.9. The summed E-state index contributed by atoms with van der Waals surface area (Å²) in [5.74, 6) is 0.382. The van der Waals surface area contributed by atoms with E-state index < -0.39 is 0 Å². The third-order valence-electron chi connectivity index (χ3n) is 3.33. The third kappa shape index (κ3) is 3.76. The van der Waals surface area contributed by atoms with Crippen LogP contribution in [0.2, 0.25) is 0 Å². The summed E-state index contributed by atoms with van der Waals surface area (Å²) in [6, 6.07) is -0.000209. The Hall–Kier alpha value is -0.610. The van der Waals surface area contributed by atoms with Gasteiger partial charge >= 0.3 is 5.97 Å². The molecular weight excluding hydrogens is 206 g/mol. The van der Waals surface area contributed by atoms with Gasteiger partial charge in [-0.25, -0.2) is 0 Å². The maximum Gasteiger partial charge on any atom is 0.307 e. The number of ether oxygens (including phenoxy) is 2. The van der Waals surface area contributed by atoms with Crippen molar-refractivity contribution in [1.82, 2.24) is 0 Å². The van der Waals surface area contributed by atoms with E-state index in [0.29, 0.717) is 18.9 Å². The van der Waals surface area contributed by atoms with Gasteiger partial charge in [0.2, 0.25) is 0 Å². The molecule has 2 atom stereocenters. The molecular formula is C12H21NO3. The van der Waals surface area contributed by atoms with Crippen LogP contribution in [0, 0.1) is 5.92 Å². The van der Waals surface area contributed by atoms with E-state index in [-0.39, 0.29) is 18.1 Å². The molecule has 0 aromatic rings. The summed E-state index contributed by atoms with van der Waals surface area (Å²) < 4.78 is 10.7. The Morgan fingerprint density at radius 2 is 2.19 bits per heavy atom. The molecule has 2 N–H and O–H groups in total. The van der Waals surface area contributed by atoms with Crippen LogP contribution in [0.15, 0.2) is 0 Å². The predicted molar refractivity (Wildman–Crippen MR) is 59.9 cm³/mol. The average molecular weight is 227 g/mol. The molecule has 1 saturated carbocycles. The molecule has 4 heteroatoms. The van der Waals surface area contributed by atoms with Crippen LogP contribution in [0.25, 0.3) is 0 Å². The number of esters is 1. The van der Waals surface area contributed by atoms with Crippen LogP contribution in [0.3, 0.4) is 0 Å². The normalized spacial score (nSPS) is 27.4. The van der Waals surface area contributed by atoms with Crippen LogP contribution < -0.4 is 5.73 Å². The minimum atomic E-state index is -0.173. The minimum Gasteiger partial charge on any atom is -0.463 e. The van der Waals surface area contributed by atoms with Crippen molar-refractivity contribution in [3.8, 4) is 0 Å². The topological polar surface area (TPSA) is 61.6 Å². The number of carbonyl (C=O) groups is 1. The Bertz CT molecular complexity index is 234. The van der Waals surface area contributed by atoms with Crippen molar-refractivity contribution in [2.24, 2.45) is 11.7 Å². The van der Waals surface area contributed by atoms with Gasteiger partial charge in [0, 0.05) is 12.6 Å². The predicted octanol–water partition coefficient (Wildman–Crippen LogP) is 1.23. The number of nitrogens with two attached hydrogens (primary N) is 1. The molecule has 0 amide bonds. The van der Waals surface area contributed by atoms with Crippen molar-refractivity contribution in [2.45, 2.75) is 50.7 Å². The molecule has 1 heterocycles. The summed E-state index contributed by atoms with van der Waals surface area (Å²) in [4.78, 5) is 11.5. The van der Waals surface area contributed by atoms with Crippen LogP contribution >= 0.6 is 0 Å². The zero-order valence-corrected chi connectivity index (χ0v) is 9.69. The van der Waals surface area contributed by atoms with E-state index in [9.17, 15) is 4.79 Å². The summed E-state index contributed by atoms with van der Waals surface area (Å²) >= 11 is 0. The summed E-state index contributed by atoms with van der Waals surface area (Å²) in [5.41, 5.74) is 5.86. The lowest BCUT2D eigenvalue weighted by molar-refractivity contribution is -0.149. The van der Waals surface area contributed by atoms with Crippen LogP contribution in [0.5, 0.6) is 0 Å². The first-order valence-corrected chi connectivity index (χ1v) is 6.28. The molecule has 1 saturated heterocycles. The van der Waals surface area contributed by atoms with Crippen molar-refractivity contribution in [3.05, 3.63) is 0 Å². The van der Waals surface area contributed by atoms with Crippen molar-refractivity contribution < 1.29 is 14.3 Å². The van der Waals surface area contributed by atoms with E-state index >= 15 is 0 Å². The molecule has 2 fully saturated rings. The molecule has 1 aliphatic heterocycles. The van der Waals surface area contributed by atoms with Crippen molar-refractivity contribution in [3.63, 3.8) is 0 Å². The first-order valence-electron chi connectivity index (χ1n) is 6.28. The summed E-state index contributed by atoms with van der Waals surface area (Å²) in [6.07, 6.45) is 6.09. The van der Waals surface area contributed by atoms with E-state index in [2.05, 4.69) is 0 Å². The van der Waals surface area contributed by atoms with Gasteiger partial charge in [-0.1, -0.05) is 0 Å². The smallest absolute Gasteiger partial charge is 0.307 e. The molecule has 2 aliphatic rings. The van der Waals surface area contributed by atoms with Gasteiger partial charge in [0.1, 0.15) is 6.61 Å². The standard InChI is InChI=1S/C12H21NO3/c13-11(9-4-5-9)7-12(14)16-8-10-3-1-2-6-15-10/h9-11H,1-8,13H2. The van der Waals surface area contributed by atoms with Gasteiger partial charge in [0.25, 0.3) is 0 Å². The molecule has 16 heavy (non-hydrogen) atoms. The van der Waals surface area contributed by atoms with Crippen molar-refractivity contribution in [2.75, 3.05) is 13.2 Å². The van der Waals surface area contributed by atoms with Crippen LogP contribution in [-0.2, 0) is 14.3 Å². The zero-order valence-electron chi connectivity index (χ0n) is 9.69. The fourth-order valence-electron chi connectivity index (χ4n) is 2.07. The molecule has 92 valence electrons. The molecule has 0 bridgehead atoms. The van der Waals surface area contributed by atoms with E-state index in [4.69, 9.17) is 15.2 Å². The Balaban J connectivity index is 1.58. The maximum absolute atomic E-state index is 11.5. The molecule has 1 aliphatic carbocycles. The van der Waals surface area contributed by atoms with Gasteiger partial charge in [-0.2, -0.15) is 0 Å². The summed E-state index contributed by atoms with van der Waals surface area (Å²) in [6.45, 7) is 1.19. The minimum absolute atomic E-state index is 0.000209. The second-order valence-electron chi connectivity index (χ2n) is 4.88. The van der Waals surface area contributed by atoms with Gasteiger partial charge in [0.05, 0.1) is 12.5 Å². The third-order valence-corrected chi connectivity index (χ3v) is 3.33. The average Bonchev–Trinajstić information content (AvgIpc) is 3.11. The maximum atomic E-state index is 11.5. The highest BCUT2D eigenvalue weighted by Gasteiger charge is 2.30. The monoisotopic (exact) mass is 227 g/mol. The molecule has 2 unspecified atom stereocenters. The fourth-order valence-corrected chi connectivity index (χ4v) is 2.07. The quantitative estimate of drug-likeness (QED) is 0.717. The molecule has 4 nitrogen and oxygen atoms in total. The molecule has 0 aromatic carbocycles. The highest BCUT2D eigenvalue weighted by Crippen LogP contribution is 2.32. The lowest BCUT2D eigenvalue weighted by Gasteiger charge is -2.22. The number of carbonyl (C=O) groups excluding carboxylic acids is 1. The zero-order chi connectivity index (χ0) is 11.4. The second kappa shape index (κ2) is 5.64. The lowest BCUT2D eigenvalue weighted by atomic mass is 10.1. The number of hydrogen-bond donors (Lipinski definition) is 1. The highest BCUT2D eigenvalue weighted by atomic mass is 16.6. The van der Waals surface area contributed by atoms with Crippen LogP contribution in [0.4, 0.5) is 0 Å². The second-order valence-corrected chi connectivity index (χ2v) is 4.88. The van der Waals surface area contributed by atoms with Gasteiger partial charge in [-0.3, -0.25) is 4.79 Å². The van der Waals surface area contributed by atoms with Crippen LogP contribution in [-0.4, -0.2) is 31.3 Å². The van der Waals surface area contributed by atoms with E-state index in [1.165, 1.54) is 19.3 Å². The van der Waals surface area contributed by atoms with E-state index in [1.807, 2.05) is 0 Å². The van der Waals surface area contributed by atoms with E-state index in [0.717, 1.165) is 19.4 Å². The number of rotatable bonds is 5. The SMILES string of the molecule is NC(CC(=O)OCC1CCCCO1)C1CC1. The molecule has 0 aromatic heterocycles. The summed E-state index contributed by atoms with van der Waals surface area (Å²) in [5, 5.41) is 0. The highest BCUT2D eigenvalue weighted by molar-refractivity contribution is 5.70. The fraction of sp³-hybridized carbons (Fsp3) is 0.917. The largest absolute Gasteiger partial charge is 0.463 e. The van der Waals surface area contributed by atoms with Crippen LogP contribution in [0.1, 0.15) is 38.5 Å².